The van der Waals surface area contributed by atoms with Gasteiger partial charge in [0.15, 0.2) is 0 Å². The first-order chi connectivity index (χ1) is 10.4. The maximum atomic E-state index is 13.3. The van der Waals surface area contributed by atoms with Gasteiger partial charge in [-0.15, -0.1) is 0 Å². The van der Waals surface area contributed by atoms with Gasteiger partial charge in [0.05, 0.1) is 6.61 Å². The summed E-state index contributed by atoms with van der Waals surface area (Å²) >= 11 is 0. The lowest BCUT2D eigenvalue weighted by molar-refractivity contribution is -0.0231. The van der Waals surface area contributed by atoms with E-state index in [-0.39, 0.29) is 11.2 Å². The number of nitrogens with one attached hydrogen (secondary N) is 1. The van der Waals surface area contributed by atoms with Gasteiger partial charge in [0.25, 0.3) is 5.56 Å². The Morgan fingerprint density at radius 1 is 1.36 bits per heavy atom. The fourth-order valence-corrected chi connectivity index (χ4v) is 2.69. The van der Waals surface area contributed by atoms with Crippen molar-refractivity contribution in [3.63, 3.8) is 0 Å². The second-order valence-corrected chi connectivity index (χ2v) is 5.34. The van der Waals surface area contributed by atoms with Crippen LogP contribution in [0.1, 0.15) is 17.2 Å². The smallest absolute Gasteiger partial charge is 0.255 e. The maximum Gasteiger partial charge on any atom is 0.255 e. The van der Waals surface area contributed by atoms with Crippen LogP contribution in [-0.2, 0) is 4.74 Å². The molecule has 7 nitrogen and oxygen atoms in total. The number of hydrogen-bond donors (Lipinski definition) is 4. The Kier molecular flexibility index (Phi) is 3.69. The van der Waals surface area contributed by atoms with E-state index >= 15 is 0 Å². The van der Waals surface area contributed by atoms with Crippen LogP contribution in [0.15, 0.2) is 16.9 Å². The molecule has 1 saturated heterocycles. The van der Waals surface area contributed by atoms with Gasteiger partial charge in [-0.05, 0) is 24.6 Å². The van der Waals surface area contributed by atoms with Crippen LogP contribution < -0.4 is 5.56 Å². The Hall–Kier alpha value is -1.87. The lowest BCUT2D eigenvalue weighted by Crippen LogP contribution is -2.33. The first-order valence-corrected chi connectivity index (χ1v) is 6.75. The molecule has 8 heteroatoms. The summed E-state index contributed by atoms with van der Waals surface area (Å²) in [5.41, 5.74) is 0.149. The number of pyridine rings is 2. The number of nitrogens with zero attached hydrogens (tertiary/aromatic N) is 1. The number of fused-ring (bicyclic) bond motifs is 1. The number of aromatic amines is 1. The predicted octanol–water partition coefficient (Wildman–Crippen LogP) is -0.475. The molecular weight excluding hydrogens is 295 g/mol. The van der Waals surface area contributed by atoms with Crippen molar-refractivity contribution >= 4 is 11.0 Å². The van der Waals surface area contributed by atoms with E-state index in [1.165, 1.54) is 12.1 Å². The average Bonchev–Trinajstić information content (AvgIpc) is 2.74. The van der Waals surface area contributed by atoms with E-state index in [4.69, 9.17) is 9.84 Å². The van der Waals surface area contributed by atoms with E-state index in [9.17, 15) is 19.4 Å². The Labute approximate surface area is 124 Å². The summed E-state index contributed by atoms with van der Waals surface area (Å²) in [6, 6.07) is 2.68. The zero-order chi connectivity index (χ0) is 16.0. The zero-order valence-electron chi connectivity index (χ0n) is 11.7. The van der Waals surface area contributed by atoms with Crippen molar-refractivity contribution in [3.8, 4) is 0 Å². The average molecular weight is 310 g/mol. The highest BCUT2D eigenvalue weighted by atomic mass is 19.1. The molecule has 3 heterocycles. The molecule has 1 unspecified atom stereocenters. The number of rotatable bonds is 2. The molecule has 0 spiro atoms. The van der Waals surface area contributed by atoms with Crippen molar-refractivity contribution in [1.82, 2.24) is 9.97 Å². The lowest BCUT2D eigenvalue weighted by atomic mass is 10.0. The number of halogens is 1. The second kappa shape index (κ2) is 5.40. The molecular formula is C14H15FN2O5. The Morgan fingerprint density at radius 3 is 2.73 bits per heavy atom. The number of ether oxygens (including phenoxy) is 1. The molecule has 0 radical (unpaired) electrons. The minimum atomic E-state index is -1.34. The molecule has 0 aromatic carbocycles. The molecule has 2 aromatic rings. The summed E-state index contributed by atoms with van der Waals surface area (Å²) in [5.74, 6) is -0.707. The minimum Gasteiger partial charge on any atom is -0.394 e. The molecule has 118 valence electrons. The number of aromatic nitrogens is 2. The number of H-pyrrole nitrogens is 1. The molecule has 0 saturated carbocycles. The molecule has 22 heavy (non-hydrogen) atoms. The van der Waals surface area contributed by atoms with E-state index in [1.54, 1.807) is 6.92 Å². The highest BCUT2D eigenvalue weighted by Gasteiger charge is 2.44. The van der Waals surface area contributed by atoms with Crippen LogP contribution >= 0.6 is 0 Å². The first kappa shape index (κ1) is 15.0. The summed E-state index contributed by atoms with van der Waals surface area (Å²) in [7, 11) is 0. The van der Waals surface area contributed by atoms with E-state index in [2.05, 4.69) is 9.97 Å². The van der Waals surface area contributed by atoms with Crippen molar-refractivity contribution in [2.45, 2.75) is 31.3 Å². The lowest BCUT2D eigenvalue weighted by Gasteiger charge is -2.15. The second-order valence-electron chi connectivity index (χ2n) is 5.34. The van der Waals surface area contributed by atoms with Gasteiger partial charge in [-0.3, -0.25) is 4.79 Å². The number of aryl methyl sites for hydroxylation is 1. The summed E-state index contributed by atoms with van der Waals surface area (Å²) in [6.07, 6.45) is -4.69. The molecule has 0 bridgehead atoms. The van der Waals surface area contributed by atoms with Crippen molar-refractivity contribution in [3.05, 3.63) is 39.6 Å². The van der Waals surface area contributed by atoms with Gasteiger partial charge in [0.2, 0.25) is 5.95 Å². The molecule has 3 rings (SSSR count). The molecule has 1 aliphatic rings. The van der Waals surface area contributed by atoms with Crippen LogP contribution in [0.4, 0.5) is 4.39 Å². The van der Waals surface area contributed by atoms with Crippen LogP contribution in [0.25, 0.3) is 11.0 Å². The monoisotopic (exact) mass is 310 g/mol. The third kappa shape index (κ3) is 2.30. The van der Waals surface area contributed by atoms with Gasteiger partial charge in [0, 0.05) is 10.9 Å². The van der Waals surface area contributed by atoms with Crippen LogP contribution in [0.5, 0.6) is 0 Å². The van der Waals surface area contributed by atoms with Gasteiger partial charge < -0.3 is 25.0 Å². The fraction of sp³-hybridized carbons (Fsp3) is 0.429. The van der Waals surface area contributed by atoms with Crippen LogP contribution in [0.2, 0.25) is 0 Å². The van der Waals surface area contributed by atoms with Crippen LogP contribution in [0.3, 0.4) is 0 Å². The van der Waals surface area contributed by atoms with E-state index in [0.29, 0.717) is 10.9 Å². The van der Waals surface area contributed by atoms with Crippen molar-refractivity contribution in [1.29, 1.82) is 0 Å². The molecule has 1 aliphatic heterocycles. The van der Waals surface area contributed by atoms with Crippen molar-refractivity contribution in [2.75, 3.05) is 6.61 Å². The fourth-order valence-electron chi connectivity index (χ4n) is 2.69. The van der Waals surface area contributed by atoms with E-state index in [1.807, 2.05) is 0 Å². The minimum absolute atomic E-state index is 0.0894. The standard InChI is InChI=1S/C14H15FN2O5/c1-5-2-9(15)16-13-6(5)3-7(14(21)17-13)12-11(20)10(19)8(4-18)22-12/h2-3,8,10-12,18-20H,4H2,1H3,(H,16,17,21)/t8-,10?,11+,12+/m1/s1. The van der Waals surface area contributed by atoms with Gasteiger partial charge in [0.1, 0.15) is 30.1 Å². The number of hydrogen-bond acceptors (Lipinski definition) is 6. The van der Waals surface area contributed by atoms with Gasteiger partial charge >= 0.3 is 0 Å². The quantitative estimate of drug-likeness (QED) is 0.557. The van der Waals surface area contributed by atoms with Crippen molar-refractivity contribution in [2.24, 2.45) is 0 Å². The highest BCUT2D eigenvalue weighted by molar-refractivity contribution is 5.78. The highest BCUT2D eigenvalue weighted by Crippen LogP contribution is 2.32. The molecule has 0 aliphatic carbocycles. The molecule has 2 aromatic heterocycles. The number of aliphatic hydroxyl groups excluding tert-OH is 3. The van der Waals surface area contributed by atoms with Crippen LogP contribution in [0, 0.1) is 12.9 Å². The molecule has 1 fully saturated rings. The largest absolute Gasteiger partial charge is 0.394 e. The van der Waals surface area contributed by atoms with Gasteiger partial charge in [-0.25, -0.2) is 4.98 Å². The summed E-state index contributed by atoms with van der Waals surface area (Å²) in [4.78, 5) is 18.2. The summed E-state index contributed by atoms with van der Waals surface area (Å²) in [6.45, 7) is 1.18. The Balaban J connectivity index is 2.12. The normalized spacial score (nSPS) is 28.4. The van der Waals surface area contributed by atoms with Gasteiger partial charge in [-0.1, -0.05) is 0 Å². The van der Waals surface area contributed by atoms with Crippen LogP contribution in [-0.4, -0.2) is 50.2 Å². The Bertz CT molecular complexity index is 778. The maximum absolute atomic E-state index is 13.3. The summed E-state index contributed by atoms with van der Waals surface area (Å²) < 4.78 is 18.6. The van der Waals surface area contributed by atoms with Gasteiger partial charge in [-0.2, -0.15) is 4.39 Å². The third-order valence-electron chi connectivity index (χ3n) is 3.88. The molecule has 4 atom stereocenters. The molecule has 4 N–H and O–H groups in total. The third-order valence-corrected chi connectivity index (χ3v) is 3.88. The summed E-state index contributed by atoms with van der Waals surface area (Å²) in [5, 5.41) is 29.4. The molecule has 0 amide bonds. The zero-order valence-corrected chi connectivity index (χ0v) is 11.7. The Morgan fingerprint density at radius 2 is 2.09 bits per heavy atom. The van der Waals surface area contributed by atoms with Crippen molar-refractivity contribution < 1.29 is 24.4 Å². The topological polar surface area (TPSA) is 116 Å². The number of aliphatic hydroxyl groups is 3. The van der Waals surface area contributed by atoms with E-state index in [0.717, 1.165) is 0 Å². The predicted molar refractivity (Wildman–Crippen MR) is 73.8 cm³/mol. The van der Waals surface area contributed by atoms with E-state index < -0.39 is 42.5 Å². The first-order valence-electron chi connectivity index (χ1n) is 6.75. The SMILES string of the molecule is Cc1cc(F)nc2[nH]c(=O)c([C@@H]3O[C@H](CO)C(O)[C@@H]3O)cc12.